The van der Waals surface area contributed by atoms with E-state index in [-0.39, 0.29) is 17.8 Å². The summed E-state index contributed by atoms with van der Waals surface area (Å²) in [5.74, 6) is -0.246. The molecule has 0 spiro atoms. The molecular weight excluding hydrogens is 323 g/mol. The van der Waals surface area contributed by atoms with Crippen molar-refractivity contribution in [1.82, 2.24) is 20.4 Å². The highest BCUT2D eigenvalue weighted by atomic mass is 19.1. The third-order valence-corrected chi connectivity index (χ3v) is 4.49. The van der Waals surface area contributed by atoms with E-state index in [4.69, 9.17) is 0 Å². The van der Waals surface area contributed by atoms with Gasteiger partial charge in [-0.2, -0.15) is 5.10 Å². The van der Waals surface area contributed by atoms with Crippen molar-refractivity contribution in [2.75, 3.05) is 20.1 Å². The number of hydrogen-bond acceptors (Lipinski definition) is 4. The van der Waals surface area contributed by atoms with Gasteiger partial charge in [0.25, 0.3) is 0 Å². The maximum Gasteiger partial charge on any atom is 0.239 e. The van der Waals surface area contributed by atoms with Crippen LogP contribution in [0.25, 0.3) is 11.3 Å². The number of carbonyl (C=O) groups excluding carboxylic acids is 1. The molecule has 0 radical (unpaired) electrons. The van der Waals surface area contributed by atoms with Crippen LogP contribution >= 0.6 is 0 Å². The molecule has 2 heterocycles. The number of benzene rings is 1. The van der Waals surface area contributed by atoms with Crippen molar-refractivity contribution >= 4 is 5.91 Å². The van der Waals surface area contributed by atoms with Gasteiger partial charge < -0.3 is 15.3 Å². The third kappa shape index (κ3) is 4.43. The minimum Gasteiger partial charge on any atom is -0.392 e. The molecule has 1 amide bonds. The molecule has 25 heavy (non-hydrogen) atoms. The van der Waals surface area contributed by atoms with Gasteiger partial charge in [-0.25, -0.2) is 4.39 Å². The first-order chi connectivity index (χ1) is 12.0. The van der Waals surface area contributed by atoms with Gasteiger partial charge in [0.2, 0.25) is 5.91 Å². The number of β-amino-alcohol motifs (C(OH)–C–C–N with tert-alkyl or cyclic N) is 1. The van der Waals surface area contributed by atoms with Crippen LogP contribution in [-0.4, -0.2) is 58.4 Å². The molecule has 6 nitrogen and oxygen atoms in total. The normalized spacial score (nSPS) is 20.0. The summed E-state index contributed by atoms with van der Waals surface area (Å²) in [5.41, 5.74) is 2.63. The second-order valence-electron chi connectivity index (χ2n) is 6.50. The van der Waals surface area contributed by atoms with Gasteiger partial charge in [0, 0.05) is 31.4 Å². The SMILES string of the molecule is CN(CCCc1cc(-c2ccc(F)cc2)n[nH]1)C(=O)[C@@H]1C[C@@H](O)CN1. The quantitative estimate of drug-likeness (QED) is 0.737. The number of nitrogens with zero attached hydrogens (tertiary/aromatic N) is 2. The molecule has 7 heteroatoms. The van der Waals surface area contributed by atoms with Crippen LogP contribution in [0.15, 0.2) is 30.3 Å². The zero-order valence-corrected chi connectivity index (χ0v) is 14.2. The van der Waals surface area contributed by atoms with E-state index in [0.717, 1.165) is 29.8 Å². The number of carbonyl (C=O) groups is 1. The smallest absolute Gasteiger partial charge is 0.239 e. The van der Waals surface area contributed by atoms with Gasteiger partial charge in [-0.05, 0) is 49.6 Å². The van der Waals surface area contributed by atoms with Crippen LogP contribution in [-0.2, 0) is 11.2 Å². The maximum absolute atomic E-state index is 13.0. The van der Waals surface area contributed by atoms with Crippen LogP contribution in [0.4, 0.5) is 4.39 Å². The molecule has 1 saturated heterocycles. The first-order valence-electron chi connectivity index (χ1n) is 8.49. The molecule has 2 aromatic rings. The second-order valence-corrected chi connectivity index (χ2v) is 6.50. The first kappa shape index (κ1) is 17.6. The Hall–Kier alpha value is -2.25. The molecule has 2 atom stereocenters. The predicted octanol–water partition coefficient (Wildman–Crippen LogP) is 1.33. The zero-order valence-electron chi connectivity index (χ0n) is 14.2. The van der Waals surface area contributed by atoms with E-state index in [1.807, 2.05) is 6.07 Å². The summed E-state index contributed by atoms with van der Waals surface area (Å²) in [7, 11) is 1.78. The number of likely N-dealkylation sites (N-methyl/N-ethyl adjacent to an activating group) is 1. The lowest BCUT2D eigenvalue weighted by atomic mass is 10.1. The van der Waals surface area contributed by atoms with E-state index in [1.165, 1.54) is 12.1 Å². The van der Waals surface area contributed by atoms with Crippen LogP contribution in [0.1, 0.15) is 18.5 Å². The average Bonchev–Trinajstić information content (AvgIpc) is 3.24. The Kier molecular flexibility index (Phi) is 5.45. The summed E-state index contributed by atoms with van der Waals surface area (Å²) < 4.78 is 13.0. The fourth-order valence-corrected chi connectivity index (χ4v) is 3.05. The van der Waals surface area contributed by atoms with Gasteiger partial charge in [-0.3, -0.25) is 9.89 Å². The van der Waals surface area contributed by atoms with Gasteiger partial charge >= 0.3 is 0 Å². The lowest BCUT2D eigenvalue weighted by Crippen LogP contribution is -2.42. The van der Waals surface area contributed by atoms with E-state index in [1.54, 1.807) is 24.1 Å². The Bertz CT molecular complexity index is 716. The van der Waals surface area contributed by atoms with E-state index in [0.29, 0.717) is 19.5 Å². The maximum atomic E-state index is 13.0. The average molecular weight is 346 g/mol. The summed E-state index contributed by atoms with van der Waals surface area (Å²) in [6.45, 7) is 1.11. The Morgan fingerprint density at radius 1 is 1.40 bits per heavy atom. The van der Waals surface area contributed by atoms with Gasteiger partial charge in [0.15, 0.2) is 0 Å². The minimum atomic E-state index is -0.433. The van der Waals surface area contributed by atoms with Crippen LogP contribution < -0.4 is 5.32 Å². The molecule has 0 unspecified atom stereocenters. The molecule has 1 aliphatic rings. The molecule has 3 N–H and O–H groups in total. The topological polar surface area (TPSA) is 81.2 Å². The van der Waals surface area contributed by atoms with Gasteiger partial charge in [0.1, 0.15) is 5.82 Å². The van der Waals surface area contributed by atoms with Gasteiger partial charge in [0.05, 0.1) is 17.8 Å². The lowest BCUT2D eigenvalue weighted by molar-refractivity contribution is -0.131. The van der Waals surface area contributed by atoms with Crippen LogP contribution in [0.5, 0.6) is 0 Å². The van der Waals surface area contributed by atoms with Crippen molar-refractivity contribution < 1.29 is 14.3 Å². The monoisotopic (exact) mass is 346 g/mol. The highest BCUT2D eigenvalue weighted by Gasteiger charge is 2.29. The summed E-state index contributed by atoms with van der Waals surface area (Å²) in [6.07, 6.45) is 1.62. The molecular formula is C18H23FN4O2. The fourth-order valence-electron chi connectivity index (χ4n) is 3.05. The van der Waals surface area contributed by atoms with Crippen molar-refractivity contribution in [2.45, 2.75) is 31.4 Å². The summed E-state index contributed by atoms with van der Waals surface area (Å²) in [4.78, 5) is 14.0. The summed E-state index contributed by atoms with van der Waals surface area (Å²) in [6, 6.07) is 7.90. The third-order valence-electron chi connectivity index (χ3n) is 4.49. The molecule has 1 aliphatic heterocycles. The summed E-state index contributed by atoms with van der Waals surface area (Å²) >= 11 is 0. The van der Waals surface area contributed by atoms with E-state index in [2.05, 4.69) is 15.5 Å². The van der Waals surface area contributed by atoms with Crippen molar-refractivity contribution in [2.24, 2.45) is 0 Å². The van der Waals surface area contributed by atoms with Crippen molar-refractivity contribution in [3.8, 4) is 11.3 Å². The number of aliphatic hydroxyl groups excluding tert-OH is 1. The van der Waals surface area contributed by atoms with Crippen LogP contribution in [0.3, 0.4) is 0 Å². The number of amides is 1. The number of aromatic amines is 1. The predicted molar refractivity (Wildman–Crippen MR) is 92.4 cm³/mol. The number of aliphatic hydroxyl groups is 1. The molecule has 0 aliphatic carbocycles. The highest BCUT2D eigenvalue weighted by molar-refractivity contribution is 5.82. The first-order valence-corrected chi connectivity index (χ1v) is 8.49. The zero-order chi connectivity index (χ0) is 17.8. The Morgan fingerprint density at radius 2 is 2.16 bits per heavy atom. The number of halogens is 1. The number of hydrogen-bond donors (Lipinski definition) is 3. The van der Waals surface area contributed by atoms with E-state index in [9.17, 15) is 14.3 Å². The Morgan fingerprint density at radius 3 is 2.84 bits per heavy atom. The Balaban J connectivity index is 1.47. The number of nitrogens with one attached hydrogen (secondary N) is 2. The Labute approximate surface area is 146 Å². The molecule has 134 valence electrons. The van der Waals surface area contributed by atoms with Crippen molar-refractivity contribution in [3.05, 3.63) is 41.8 Å². The standard InChI is InChI=1S/C18H23FN4O2/c1-23(18(25)17-10-15(24)11-20-17)8-2-3-14-9-16(22-21-14)12-4-6-13(19)7-5-12/h4-7,9,15,17,20,24H,2-3,8,10-11H2,1H3,(H,21,22)/t15-,17+/m1/s1. The minimum absolute atomic E-state index is 0.0214. The molecule has 0 bridgehead atoms. The highest BCUT2D eigenvalue weighted by Crippen LogP contribution is 2.18. The largest absolute Gasteiger partial charge is 0.392 e. The number of aryl methyl sites for hydroxylation is 1. The van der Waals surface area contributed by atoms with Gasteiger partial charge in [-0.1, -0.05) is 0 Å². The van der Waals surface area contributed by atoms with Gasteiger partial charge in [-0.15, -0.1) is 0 Å². The second kappa shape index (κ2) is 7.76. The molecule has 1 aromatic heterocycles. The number of H-pyrrole nitrogens is 1. The van der Waals surface area contributed by atoms with Crippen LogP contribution in [0.2, 0.25) is 0 Å². The van der Waals surface area contributed by atoms with E-state index < -0.39 is 6.10 Å². The van der Waals surface area contributed by atoms with E-state index >= 15 is 0 Å². The van der Waals surface area contributed by atoms with Crippen molar-refractivity contribution in [3.63, 3.8) is 0 Å². The molecule has 0 saturated carbocycles. The molecule has 1 aromatic carbocycles. The molecule has 3 rings (SSSR count). The lowest BCUT2D eigenvalue weighted by Gasteiger charge is -2.20. The number of rotatable bonds is 6. The van der Waals surface area contributed by atoms with Crippen molar-refractivity contribution in [1.29, 1.82) is 0 Å². The summed E-state index contributed by atoms with van der Waals surface area (Å²) in [5, 5.41) is 19.8. The molecule has 1 fully saturated rings. The van der Waals surface area contributed by atoms with Crippen LogP contribution in [0, 0.1) is 5.82 Å². The fraction of sp³-hybridized carbons (Fsp3) is 0.444. The number of aromatic nitrogens is 2.